The van der Waals surface area contributed by atoms with E-state index in [1.54, 1.807) is 20.8 Å². The Morgan fingerprint density at radius 1 is 1.47 bits per heavy atom. The molecule has 1 amide bonds. The normalized spacial score (nSPS) is 9.60. The summed E-state index contributed by atoms with van der Waals surface area (Å²) >= 11 is 0. The van der Waals surface area contributed by atoms with Crippen LogP contribution in [0.25, 0.3) is 0 Å². The summed E-state index contributed by atoms with van der Waals surface area (Å²) < 4.78 is 9.55. The van der Waals surface area contributed by atoms with Crippen molar-refractivity contribution in [1.29, 1.82) is 0 Å². The van der Waals surface area contributed by atoms with Gasteiger partial charge < -0.3 is 14.8 Å². The summed E-state index contributed by atoms with van der Waals surface area (Å²) in [5.74, 6) is -0.464. The number of carbonyl (C=O) groups excluding carboxylic acids is 2. The largest absolute Gasteiger partial charge is 0.460 e. The minimum atomic E-state index is -0.517. The van der Waals surface area contributed by atoms with Crippen molar-refractivity contribution in [3.05, 3.63) is 12.2 Å². The number of rotatable bonds is 5. The van der Waals surface area contributed by atoms with Gasteiger partial charge in [0.05, 0.1) is 12.6 Å². The van der Waals surface area contributed by atoms with Gasteiger partial charge in [0.1, 0.15) is 6.61 Å². The second-order valence-electron chi connectivity index (χ2n) is 3.30. The van der Waals surface area contributed by atoms with Crippen LogP contribution in [0.4, 0.5) is 4.79 Å². The molecule has 0 aromatic carbocycles. The summed E-state index contributed by atoms with van der Waals surface area (Å²) in [7, 11) is 0. The van der Waals surface area contributed by atoms with E-state index in [1.165, 1.54) is 0 Å². The fourth-order valence-corrected chi connectivity index (χ4v) is 0.676. The van der Waals surface area contributed by atoms with E-state index in [4.69, 9.17) is 9.47 Å². The average molecular weight is 217 g/mol. The van der Waals surface area contributed by atoms with Crippen LogP contribution in [-0.4, -0.2) is 31.3 Å². The molecule has 5 nitrogen and oxygen atoms in total. The Morgan fingerprint density at radius 3 is 2.53 bits per heavy atom. The Labute approximate surface area is 90.9 Å². The average Bonchev–Trinajstić information content (AvgIpc) is 2.10. The van der Waals surface area contributed by atoms with Gasteiger partial charge in [0.2, 0.25) is 0 Å². The Hall–Kier alpha value is -1.52. The van der Waals surface area contributed by atoms with Crippen molar-refractivity contribution >= 4 is 12.1 Å². The monoisotopic (exact) mass is 217 g/mol. The summed E-state index contributed by atoms with van der Waals surface area (Å²) in [5.41, 5.74) is 0.333. The van der Waals surface area contributed by atoms with Gasteiger partial charge in [-0.25, -0.2) is 9.59 Å². The highest BCUT2D eigenvalue weighted by Gasteiger charge is 2.05. The molecule has 0 fully saturated rings. The van der Waals surface area contributed by atoms with Crippen LogP contribution in [0.3, 0.4) is 0 Å². The molecule has 0 unspecified atom stereocenters. The first-order valence-electron chi connectivity index (χ1n) is 4.70. The number of amides is 1. The molecule has 88 valence electrons. The molecule has 0 aliphatic heterocycles. The molecule has 0 aromatic heterocycles. The first-order chi connectivity index (χ1) is 6.93. The molecule has 0 heterocycles. The summed E-state index contributed by atoms with van der Waals surface area (Å²) in [6.45, 7) is 8.82. The fraction of sp³-hybridized carbons (Fsp3) is 0.600. The van der Waals surface area contributed by atoms with Crippen molar-refractivity contribution in [3.63, 3.8) is 0 Å². The van der Waals surface area contributed by atoms with Crippen molar-refractivity contribution in [2.75, 3.05) is 13.2 Å². The molecule has 0 aliphatic carbocycles. The maximum absolute atomic E-state index is 10.9. The highest BCUT2D eigenvalue weighted by atomic mass is 16.6. The van der Waals surface area contributed by atoms with Crippen molar-refractivity contribution in [2.45, 2.75) is 26.9 Å². The molecule has 0 bridgehead atoms. The number of esters is 1. The molecule has 0 saturated carbocycles. The van der Waals surface area contributed by atoms with E-state index >= 15 is 0 Å². The van der Waals surface area contributed by atoms with E-state index < -0.39 is 12.1 Å². The molecule has 0 spiro atoms. The van der Waals surface area contributed by atoms with Gasteiger partial charge in [-0.05, 0) is 20.8 Å². The third-order valence-electron chi connectivity index (χ3n) is 1.30. The first-order valence-corrected chi connectivity index (χ1v) is 4.70. The summed E-state index contributed by atoms with van der Waals surface area (Å²) in [6.07, 6.45) is -0.681. The highest BCUT2D eigenvalue weighted by molar-refractivity contribution is 5.86. The van der Waals surface area contributed by atoms with E-state index in [0.29, 0.717) is 5.57 Å². The zero-order valence-corrected chi connectivity index (χ0v) is 9.33. The molecule has 0 atom stereocenters. The summed E-state index contributed by atoms with van der Waals surface area (Å²) in [4.78, 5) is 21.8. The lowest BCUT2D eigenvalue weighted by molar-refractivity contribution is -0.138. The van der Waals surface area contributed by atoms with Crippen LogP contribution in [-0.2, 0) is 14.3 Å². The van der Waals surface area contributed by atoms with E-state index in [1.807, 2.05) is 0 Å². The molecular formula is C10H19NO4. The van der Waals surface area contributed by atoms with Crippen LogP contribution in [0.5, 0.6) is 0 Å². The van der Waals surface area contributed by atoms with Crippen molar-refractivity contribution in [3.8, 4) is 0 Å². The Balaban J connectivity index is 0. The number of nitrogens with one attached hydrogen (secondary N) is 1. The van der Waals surface area contributed by atoms with Gasteiger partial charge in [0.25, 0.3) is 0 Å². The smallest absolute Gasteiger partial charge is 0.407 e. The quantitative estimate of drug-likeness (QED) is 0.430. The maximum atomic E-state index is 10.9. The second kappa shape index (κ2) is 6.86. The topological polar surface area (TPSA) is 64.6 Å². The Kier molecular flexibility index (Phi) is 6.17. The van der Waals surface area contributed by atoms with Crippen LogP contribution in [0, 0.1) is 0 Å². The van der Waals surface area contributed by atoms with Crippen molar-refractivity contribution < 1.29 is 20.5 Å². The zero-order valence-electron chi connectivity index (χ0n) is 9.33. The standard InChI is InChI=1S/C10H17NO4.H2/c1-7(2)9(12)14-6-5-11-10(13)15-8(3)4;/h8H,1,5-6H2,2-4H3,(H,11,13);1H. The van der Waals surface area contributed by atoms with Crippen LogP contribution in [0.2, 0.25) is 0 Å². The first kappa shape index (κ1) is 13.5. The third-order valence-corrected chi connectivity index (χ3v) is 1.30. The SMILES string of the molecule is C=C(C)C(=O)OCCNC(=O)OC(C)C.[HH]. The Bertz CT molecular complexity index is 253. The molecule has 0 aromatic rings. The van der Waals surface area contributed by atoms with E-state index in [-0.39, 0.29) is 20.7 Å². The summed E-state index contributed by atoms with van der Waals surface area (Å²) in [6, 6.07) is 0. The van der Waals surface area contributed by atoms with Gasteiger partial charge in [-0.3, -0.25) is 0 Å². The molecule has 0 rings (SSSR count). The zero-order chi connectivity index (χ0) is 11.8. The van der Waals surface area contributed by atoms with Gasteiger partial charge in [-0.1, -0.05) is 6.58 Å². The lowest BCUT2D eigenvalue weighted by atomic mass is 10.4. The molecule has 15 heavy (non-hydrogen) atoms. The number of alkyl carbamates (subject to hydrolysis) is 1. The molecule has 0 aliphatic rings. The van der Waals surface area contributed by atoms with Crippen LogP contribution >= 0.6 is 0 Å². The fourth-order valence-electron chi connectivity index (χ4n) is 0.676. The van der Waals surface area contributed by atoms with E-state index in [0.717, 1.165) is 0 Å². The number of carbonyl (C=O) groups is 2. The predicted octanol–water partition coefficient (Wildman–Crippen LogP) is 1.49. The third kappa shape index (κ3) is 7.54. The van der Waals surface area contributed by atoms with Gasteiger partial charge in [-0.2, -0.15) is 0 Å². The van der Waals surface area contributed by atoms with Crippen molar-refractivity contribution in [2.24, 2.45) is 0 Å². The van der Waals surface area contributed by atoms with Gasteiger partial charge in [0, 0.05) is 7.00 Å². The number of hydrogen-bond donors (Lipinski definition) is 1. The minimum Gasteiger partial charge on any atom is -0.460 e. The minimum absolute atomic E-state index is 0. The lowest BCUT2D eigenvalue weighted by Crippen LogP contribution is -2.30. The van der Waals surface area contributed by atoms with Crippen LogP contribution in [0.15, 0.2) is 12.2 Å². The number of ether oxygens (including phenoxy) is 2. The van der Waals surface area contributed by atoms with Crippen LogP contribution in [0.1, 0.15) is 22.2 Å². The van der Waals surface area contributed by atoms with Gasteiger partial charge in [-0.15, -0.1) is 0 Å². The van der Waals surface area contributed by atoms with E-state index in [2.05, 4.69) is 11.9 Å². The molecule has 1 N–H and O–H groups in total. The summed E-state index contributed by atoms with van der Waals surface area (Å²) in [5, 5.41) is 2.44. The van der Waals surface area contributed by atoms with Crippen molar-refractivity contribution in [1.82, 2.24) is 5.32 Å². The van der Waals surface area contributed by atoms with E-state index in [9.17, 15) is 9.59 Å². The van der Waals surface area contributed by atoms with Gasteiger partial charge in [0.15, 0.2) is 0 Å². The molecule has 5 heteroatoms. The number of hydrogen-bond acceptors (Lipinski definition) is 4. The van der Waals surface area contributed by atoms with Crippen LogP contribution < -0.4 is 5.32 Å². The second-order valence-corrected chi connectivity index (χ2v) is 3.30. The molecule has 0 saturated heterocycles. The maximum Gasteiger partial charge on any atom is 0.407 e. The Morgan fingerprint density at radius 2 is 2.07 bits per heavy atom. The lowest BCUT2D eigenvalue weighted by Gasteiger charge is -2.09. The molecule has 0 radical (unpaired) electrons. The van der Waals surface area contributed by atoms with Gasteiger partial charge >= 0.3 is 12.1 Å². The molecular weight excluding hydrogens is 198 g/mol. The highest BCUT2D eigenvalue weighted by Crippen LogP contribution is 1.91. The predicted molar refractivity (Wildman–Crippen MR) is 57.5 cm³/mol.